The summed E-state index contributed by atoms with van der Waals surface area (Å²) in [4.78, 5) is 11.0. The number of carbonyl (C=O) groups is 1. The standard InChI is InChI=1S/C14H20O3/c1-12(15)8-7-11-14(16-2,17-3)13-9-5-4-6-10-13/h4-6,9-10H,7-8,11H2,1-3H3. The second-order valence-electron chi connectivity index (χ2n) is 4.08. The molecule has 0 bridgehead atoms. The Balaban J connectivity index is 2.78. The van der Waals surface area contributed by atoms with Gasteiger partial charge in [0, 0.05) is 32.6 Å². The third-order valence-electron chi connectivity index (χ3n) is 2.91. The zero-order valence-corrected chi connectivity index (χ0v) is 10.7. The number of methoxy groups -OCH3 is 2. The minimum absolute atomic E-state index is 0.194. The lowest BCUT2D eigenvalue weighted by atomic mass is 9.99. The molecular formula is C14H20O3. The quantitative estimate of drug-likeness (QED) is 0.683. The zero-order valence-electron chi connectivity index (χ0n) is 10.7. The molecule has 0 spiro atoms. The van der Waals surface area contributed by atoms with Crippen LogP contribution in [0.2, 0.25) is 0 Å². The van der Waals surface area contributed by atoms with E-state index in [9.17, 15) is 4.79 Å². The first-order chi connectivity index (χ1) is 8.14. The highest BCUT2D eigenvalue weighted by atomic mass is 16.7. The molecule has 0 N–H and O–H groups in total. The van der Waals surface area contributed by atoms with Crippen LogP contribution in [0, 0.1) is 0 Å². The molecule has 94 valence electrons. The van der Waals surface area contributed by atoms with Gasteiger partial charge in [0.2, 0.25) is 0 Å². The summed E-state index contributed by atoms with van der Waals surface area (Å²) < 4.78 is 11.0. The molecule has 0 atom stereocenters. The average Bonchev–Trinajstić information content (AvgIpc) is 2.36. The number of rotatable bonds is 7. The molecule has 17 heavy (non-hydrogen) atoms. The highest BCUT2D eigenvalue weighted by Gasteiger charge is 2.31. The third-order valence-corrected chi connectivity index (χ3v) is 2.91. The van der Waals surface area contributed by atoms with Crippen molar-refractivity contribution in [3.05, 3.63) is 35.9 Å². The second-order valence-corrected chi connectivity index (χ2v) is 4.08. The van der Waals surface area contributed by atoms with Gasteiger partial charge in [-0.1, -0.05) is 30.3 Å². The highest BCUT2D eigenvalue weighted by molar-refractivity contribution is 5.75. The SMILES string of the molecule is COC(CCCC(C)=O)(OC)c1ccccc1. The van der Waals surface area contributed by atoms with E-state index >= 15 is 0 Å². The lowest BCUT2D eigenvalue weighted by Crippen LogP contribution is -2.30. The molecule has 1 rings (SSSR count). The van der Waals surface area contributed by atoms with E-state index in [0.717, 1.165) is 12.0 Å². The topological polar surface area (TPSA) is 35.5 Å². The van der Waals surface area contributed by atoms with Crippen LogP contribution in [0.25, 0.3) is 0 Å². The second kappa shape index (κ2) is 6.52. The molecule has 1 aromatic carbocycles. The Kier molecular flexibility index (Phi) is 5.32. The summed E-state index contributed by atoms with van der Waals surface area (Å²) in [5, 5.41) is 0. The summed E-state index contributed by atoms with van der Waals surface area (Å²) in [6.45, 7) is 1.60. The maximum absolute atomic E-state index is 11.0. The molecule has 0 aliphatic rings. The maximum atomic E-state index is 11.0. The number of carbonyl (C=O) groups excluding carboxylic acids is 1. The van der Waals surface area contributed by atoms with Crippen LogP contribution < -0.4 is 0 Å². The molecule has 0 unspecified atom stereocenters. The van der Waals surface area contributed by atoms with Crippen LogP contribution in [0.3, 0.4) is 0 Å². The van der Waals surface area contributed by atoms with Crippen LogP contribution >= 0.6 is 0 Å². The van der Waals surface area contributed by atoms with Crippen molar-refractivity contribution in [2.45, 2.75) is 32.0 Å². The molecule has 3 heteroatoms. The average molecular weight is 236 g/mol. The van der Waals surface area contributed by atoms with Gasteiger partial charge in [0.15, 0.2) is 5.79 Å². The summed E-state index contributed by atoms with van der Waals surface area (Å²) in [6.07, 6.45) is 1.98. The van der Waals surface area contributed by atoms with E-state index in [-0.39, 0.29) is 5.78 Å². The minimum atomic E-state index is -0.739. The van der Waals surface area contributed by atoms with Gasteiger partial charge in [0.05, 0.1) is 0 Å². The third kappa shape index (κ3) is 3.65. The number of hydrogen-bond acceptors (Lipinski definition) is 3. The molecule has 0 amide bonds. The normalized spacial score (nSPS) is 11.5. The molecule has 0 aliphatic carbocycles. The molecule has 0 radical (unpaired) electrons. The van der Waals surface area contributed by atoms with Crippen LogP contribution in [-0.4, -0.2) is 20.0 Å². The predicted octanol–water partition coefficient (Wildman–Crippen LogP) is 2.89. The number of hydrogen-bond donors (Lipinski definition) is 0. The summed E-state index contributed by atoms with van der Waals surface area (Å²) in [5.41, 5.74) is 0.980. The van der Waals surface area contributed by atoms with Crippen LogP contribution in [-0.2, 0) is 20.1 Å². The van der Waals surface area contributed by atoms with E-state index in [1.165, 1.54) is 0 Å². The molecule has 1 aromatic rings. The summed E-state index contributed by atoms with van der Waals surface area (Å²) >= 11 is 0. The van der Waals surface area contributed by atoms with E-state index in [4.69, 9.17) is 9.47 Å². The summed E-state index contributed by atoms with van der Waals surface area (Å²) in [5.74, 6) is -0.546. The molecule has 0 aliphatic heterocycles. The van der Waals surface area contributed by atoms with E-state index in [2.05, 4.69) is 0 Å². The lowest BCUT2D eigenvalue weighted by molar-refractivity contribution is -0.220. The smallest absolute Gasteiger partial charge is 0.194 e. The van der Waals surface area contributed by atoms with Crippen molar-refractivity contribution in [3.8, 4) is 0 Å². The minimum Gasteiger partial charge on any atom is -0.349 e. The number of benzene rings is 1. The Morgan fingerprint density at radius 1 is 1.18 bits per heavy atom. The van der Waals surface area contributed by atoms with Gasteiger partial charge in [0.1, 0.15) is 5.78 Å². The van der Waals surface area contributed by atoms with Crippen molar-refractivity contribution in [3.63, 3.8) is 0 Å². The fourth-order valence-electron chi connectivity index (χ4n) is 1.93. The lowest BCUT2D eigenvalue weighted by Gasteiger charge is -2.31. The van der Waals surface area contributed by atoms with Gasteiger partial charge in [0.25, 0.3) is 0 Å². The van der Waals surface area contributed by atoms with Crippen molar-refractivity contribution < 1.29 is 14.3 Å². The summed E-state index contributed by atoms with van der Waals surface area (Å²) in [6, 6.07) is 9.80. The fourth-order valence-corrected chi connectivity index (χ4v) is 1.93. The first kappa shape index (κ1) is 13.9. The first-order valence-corrected chi connectivity index (χ1v) is 5.80. The maximum Gasteiger partial charge on any atom is 0.194 e. The molecular weight excluding hydrogens is 216 g/mol. The Bertz CT molecular complexity index is 342. The van der Waals surface area contributed by atoms with Crippen LogP contribution in [0.5, 0.6) is 0 Å². The Morgan fingerprint density at radius 2 is 1.76 bits per heavy atom. The molecule has 0 fully saturated rings. The van der Waals surface area contributed by atoms with E-state index in [1.807, 2.05) is 30.3 Å². The van der Waals surface area contributed by atoms with Gasteiger partial charge in [-0.3, -0.25) is 0 Å². The van der Waals surface area contributed by atoms with Crippen LogP contribution in [0.1, 0.15) is 31.7 Å². The Hall–Kier alpha value is -1.19. The molecule has 0 aromatic heterocycles. The van der Waals surface area contributed by atoms with Crippen LogP contribution in [0.15, 0.2) is 30.3 Å². The number of ether oxygens (including phenoxy) is 2. The Morgan fingerprint density at radius 3 is 2.24 bits per heavy atom. The fraction of sp³-hybridized carbons (Fsp3) is 0.500. The molecule has 0 saturated carbocycles. The van der Waals surface area contributed by atoms with Crippen molar-refractivity contribution in [2.75, 3.05) is 14.2 Å². The molecule has 0 heterocycles. The van der Waals surface area contributed by atoms with Gasteiger partial charge in [-0.25, -0.2) is 0 Å². The number of Topliss-reactive ketones (excluding diaryl/α,β-unsaturated/α-hetero) is 1. The zero-order chi connectivity index (χ0) is 12.7. The van der Waals surface area contributed by atoms with E-state index in [1.54, 1.807) is 21.1 Å². The van der Waals surface area contributed by atoms with Gasteiger partial charge in [-0.2, -0.15) is 0 Å². The predicted molar refractivity (Wildman–Crippen MR) is 66.7 cm³/mol. The van der Waals surface area contributed by atoms with Crippen molar-refractivity contribution >= 4 is 5.78 Å². The summed E-state index contributed by atoms with van der Waals surface area (Å²) in [7, 11) is 3.26. The van der Waals surface area contributed by atoms with Gasteiger partial charge in [-0.05, 0) is 13.3 Å². The number of ketones is 1. The van der Waals surface area contributed by atoms with Crippen molar-refractivity contribution in [2.24, 2.45) is 0 Å². The van der Waals surface area contributed by atoms with E-state index < -0.39 is 5.79 Å². The van der Waals surface area contributed by atoms with Gasteiger partial charge in [-0.15, -0.1) is 0 Å². The van der Waals surface area contributed by atoms with Crippen molar-refractivity contribution in [1.29, 1.82) is 0 Å². The van der Waals surface area contributed by atoms with Gasteiger partial charge < -0.3 is 14.3 Å². The molecule has 3 nitrogen and oxygen atoms in total. The highest BCUT2D eigenvalue weighted by Crippen LogP contribution is 2.31. The molecule has 0 saturated heterocycles. The van der Waals surface area contributed by atoms with Crippen molar-refractivity contribution in [1.82, 2.24) is 0 Å². The van der Waals surface area contributed by atoms with Gasteiger partial charge >= 0.3 is 0 Å². The van der Waals surface area contributed by atoms with E-state index in [0.29, 0.717) is 12.8 Å². The monoisotopic (exact) mass is 236 g/mol. The largest absolute Gasteiger partial charge is 0.349 e. The first-order valence-electron chi connectivity index (χ1n) is 5.80. The van der Waals surface area contributed by atoms with Crippen LogP contribution in [0.4, 0.5) is 0 Å². The Labute approximate surface area is 103 Å².